The second-order valence-electron chi connectivity index (χ2n) is 6.94. The summed E-state index contributed by atoms with van der Waals surface area (Å²) in [4.78, 5) is 12.6. The third-order valence-electron chi connectivity index (χ3n) is 4.83. The zero-order chi connectivity index (χ0) is 22.4. The molecule has 3 rings (SSSR count). The third-order valence-corrected chi connectivity index (χ3v) is 5.45. The Hall–Kier alpha value is -3.43. The Morgan fingerprint density at radius 2 is 1.94 bits per heavy atom. The number of carbonyl (C=O) groups is 1. The van der Waals surface area contributed by atoms with E-state index in [2.05, 4.69) is 21.2 Å². The molecule has 0 spiro atoms. The number of nitrogens with one attached hydrogen (secondary N) is 1. The lowest BCUT2D eigenvalue weighted by Crippen LogP contribution is -2.14. The molecule has 0 radical (unpaired) electrons. The van der Waals surface area contributed by atoms with Gasteiger partial charge >= 0.3 is 0 Å². The van der Waals surface area contributed by atoms with Crippen LogP contribution in [0.3, 0.4) is 0 Å². The first kappa shape index (κ1) is 22.3. The monoisotopic (exact) mass is 478 g/mol. The van der Waals surface area contributed by atoms with Crippen LogP contribution in [0.5, 0.6) is 5.75 Å². The van der Waals surface area contributed by atoms with Crippen molar-refractivity contribution in [2.45, 2.75) is 20.5 Å². The Bertz CT molecular complexity index is 1200. The SMILES string of the molecule is Cc1cccc(NC(=O)/C(C#N)=C/c2ccc(OCc3ccccc3F)c(Br)c2)c1C. The molecule has 0 atom stereocenters. The van der Waals surface area contributed by atoms with Crippen molar-refractivity contribution in [2.24, 2.45) is 0 Å². The van der Waals surface area contributed by atoms with Gasteiger partial charge in [0.25, 0.3) is 5.91 Å². The number of amides is 1. The lowest BCUT2D eigenvalue weighted by molar-refractivity contribution is -0.112. The van der Waals surface area contributed by atoms with Gasteiger partial charge < -0.3 is 10.1 Å². The number of ether oxygens (including phenoxy) is 1. The molecule has 0 aromatic heterocycles. The van der Waals surface area contributed by atoms with Crippen molar-refractivity contribution in [1.29, 1.82) is 5.26 Å². The normalized spacial score (nSPS) is 11.0. The van der Waals surface area contributed by atoms with Gasteiger partial charge in [-0.15, -0.1) is 0 Å². The zero-order valence-electron chi connectivity index (χ0n) is 17.1. The molecule has 4 nitrogen and oxygen atoms in total. The number of nitrogens with zero attached hydrogens (tertiary/aromatic N) is 1. The van der Waals surface area contributed by atoms with Crippen LogP contribution in [-0.2, 0) is 11.4 Å². The van der Waals surface area contributed by atoms with Gasteiger partial charge in [0.2, 0.25) is 0 Å². The van der Waals surface area contributed by atoms with E-state index < -0.39 is 5.91 Å². The lowest BCUT2D eigenvalue weighted by atomic mass is 10.1. The molecule has 0 fully saturated rings. The highest BCUT2D eigenvalue weighted by atomic mass is 79.9. The second-order valence-corrected chi connectivity index (χ2v) is 7.80. The van der Waals surface area contributed by atoms with E-state index in [1.807, 2.05) is 32.0 Å². The number of carbonyl (C=O) groups excluding carboxylic acids is 1. The maximum absolute atomic E-state index is 13.8. The lowest BCUT2D eigenvalue weighted by Gasteiger charge is -2.11. The van der Waals surface area contributed by atoms with Crippen molar-refractivity contribution < 1.29 is 13.9 Å². The molecule has 0 bridgehead atoms. The Morgan fingerprint density at radius 3 is 2.65 bits per heavy atom. The summed E-state index contributed by atoms with van der Waals surface area (Å²) in [5.41, 5.74) is 3.76. The van der Waals surface area contributed by atoms with E-state index in [-0.39, 0.29) is 18.0 Å². The minimum Gasteiger partial charge on any atom is -0.488 e. The minimum atomic E-state index is -0.479. The van der Waals surface area contributed by atoms with Crippen LogP contribution in [0.4, 0.5) is 10.1 Å². The minimum absolute atomic E-state index is 0.0205. The van der Waals surface area contributed by atoms with Gasteiger partial charge in [-0.05, 0) is 76.8 Å². The maximum Gasteiger partial charge on any atom is 0.266 e. The van der Waals surface area contributed by atoms with Gasteiger partial charge in [0.05, 0.1) is 4.47 Å². The molecule has 0 heterocycles. The largest absolute Gasteiger partial charge is 0.488 e. The predicted molar refractivity (Wildman–Crippen MR) is 123 cm³/mol. The van der Waals surface area contributed by atoms with Crippen molar-refractivity contribution in [3.8, 4) is 11.8 Å². The fourth-order valence-corrected chi connectivity index (χ4v) is 3.40. The Morgan fingerprint density at radius 1 is 1.16 bits per heavy atom. The molecule has 6 heteroatoms. The molecular formula is C25H20BrFN2O2. The Kier molecular flexibility index (Phi) is 7.22. The summed E-state index contributed by atoms with van der Waals surface area (Å²) < 4.78 is 20.1. The van der Waals surface area contributed by atoms with Crippen molar-refractivity contribution in [3.05, 3.63) is 98.8 Å². The van der Waals surface area contributed by atoms with Crippen molar-refractivity contribution in [3.63, 3.8) is 0 Å². The number of anilines is 1. The molecule has 156 valence electrons. The first-order valence-electron chi connectivity index (χ1n) is 9.54. The topological polar surface area (TPSA) is 62.1 Å². The highest BCUT2D eigenvalue weighted by Crippen LogP contribution is 2.28. The fraction of sp³-hybridized carbons (Fsp3) is 0.120. The first-order chi connectivity index (χ1) is 14.9. The van der Waals surface area contributed by atoms with E-state index >= 15 is 0 Å². The van der Waals surface area contributed by atoms with Crippen LogP contribution in [0, 0.1) is 31.0 Å². The molecule has 3 aromatic carbocycles. The average Bonchev–Trinajstić information content (AvgIpc) is 2.75. The number of benzene rings is 3. The van der Waals surface area contributed by atoms with Crippen LogP contribution in [0.25, 0.3) is 6.08 Å². The van der Waals surface area contributed by atoms with Gasteiger partial charge in [-0.2, -0.15) is 5.26 Å². The van der Waals surface area contributed by atoms with Gasteiger partial charge in [0.1, 0.15) is 29.8 Å². The summed E-state index contributed by atoms with van der Waals surface area (Å²) in [6.07, 6.45) is 1.51. The molecule has 0 saturated heterocycles. The molecular weight excluding hydrogens is 459 g/mol. The number of halogens is 2. The number of nitriles is 1. The number of hydrogen-bond donors (Lipinski definition) is 1. The van der Waals surface area contributed by atoms with E-state index in [1.165, 1.54) is 12.1 Å². The summed E-state index contributed by atoms with van der Waals surface area (Å²) in [5, 5.41) is 12.3. The zero-order valence-corrected chi connectivity index (χ0v) is 18.7. The number of rotatable bonds is 6. The molecule has 0 aliphatic heterocycles. The number of aryl methyl sites for hydroxylation is 1. The van der Waals surface area contributed by atoms with E-state index in [1.54, 1.807) is 42.5 Å². The molecule has 0 unspecified atom stereocenters. The average molecular weight is 479 g/mol. The highest BCUT2D eigenvalue weighted by Gasteiger charge is 2.12. The Labute approximate surface area is 189 Å². The van der Waals surface area contributed by atoms with Gasteiger partial charge in [-0.3, -0.25) is 4.79 Å². The standard InChI is InChI=1S/C25H20BrFN2O2/c1-16-6-5-9-23(17(16)2)29-25(30)20(14-28)12-18-10-11-24(21(26)13-18)31-15-19-7-3-4-8-22(19)27/h3-13H,15H2,1-2H3,(H,29,30)/b20-12+. The maximum atomic E-state index is 13.8. The fourth-order valence-electron chi connectivity index (χ4n) is 2.89. The van der Waals surface area contributed by atoms with Crippen molar-refractivity contribution >= 4 is 33.6 Å². The molecule has 1 amide bonds. The summed E-state index contributed by atoms with van der Waals surface area (Å²) >= 11 is 3.43. The van der Waals surface area contributed by atoms with Crippen molar-refractivity contribution in [2.75, 3.05) is 5.32 Å². The predicted octanol–water partition coefficient (Wildman–Crippen LogP) is 6.33. The molecule has 3 aromatic rings. The summed E-state index contributed by atoms with van der Waals surface area (Å²) in [6.45, 7) is 3.96. The van der Waals surface area contributed by atoms with E-state index in [4.69, 9.17) is 4.74 Å². The van der Waals surface area contributed by atoms with Crippen molar-refractivity contribution in [1.82, 2.24) is 0 Å². The van der Waals surface area contributed by atoms with Gasteiger partial charge in [0.15, 0.2) is 0 Å². The van der Waals surface area contributed by atoms with E-state index in [9.17, 15) is 14.4 Å². The van der Waals surface area contributed by atoms with Gasteiger partial charge in [0, 0.05) is 11.3 Å². The van der Waals surface area contributed by atoms with Crippen LogP contribution >= 0.6 is 15.9 Å². The second kappa shape index (κ2) is 10.1. The van der Waals surface area contributed by atoms with Crippen LogP contribution in [0.2, 0.25) is 0 Å². The molecule has 0 aliphatic carbocycles. The summed E-state index contributed by atoms with van der Waals surface area (Å²) in [7, 11) is 0. The van der Waals surface area contributed by atoms with E-state index in [0.29, 0.717) is 27.0 Å². The van der Waals surface area contributed by atoms with Crippen LogP contribution < -0.4 is 10.1 Å². The van der Waals surface area contributed by atoms with Crippen LogP contribution in [0.15, 0.2) is 70.7 Å². The molecule has 1 N–H and O–H groups in total. The summed E-state index contributed by atoms with van der Waals surface area (Å²) in [5.74, 6) is -0.280. The Balaban J connectivity index is 1.74. The highest BCUT2D eigenvalue weighted by molar-refractivity contribution is 9.10. The van der Waals surface area contributed by atoms with Gasteiger partial charge in [-0.1, -0.05) is 36.4 Å². The molecule has 0 saturated carbocycles. The quantitative estimate of drug-likeness (QED) is 0.332. The summed E-state index contributed by atoms with van der Waals surface area (Å²) in [6, 6.07) is 19.1. The first-order valence-corrected chi connectivity index (χ1v) is 10.3. The third kappa shape index (κ3) is 5.59. The molecule has 0 aliphatic rings. The van der Waals surface area contributed by atoms with Gasteiger partial charge in [-0.25, -0.2) is 4.39 Å². The smallest absolute Gasteiger partial charge is 0.266 e. The number of hydrogen-bond acceptors (Lipinski definition) is 3. The van der Waals surface area contributed by atoms with E-state index in [0.717, 1.165) is 11.1 Å². The van der Waals surface area contributed by atoms with Crippen LogP contribution in [0.1, 0.15) is 22.3 Å². The van der Waals surface area contributed by atoms with Crippen LogP contribution in [-0.4, -0.2) is 5.91 Å². The molecule has 31 heavy (non-hydrogen) atoms.